The Morgan fingerprint density at radius 3 is 2.14 bits per heavy atom. The van der Waals surface area contributed by atoms with Crippen LogP contribution < -0.4 is 10.5 Å². The Labute approximate surface area is 169 Å². The third kappa shape index (κ3) is 3.75. The number of benzene rings is 3. The van der Waals surface area contributed by atoms with Crippen LogP contribution in [0.25, 0.3) is 28.1 Å². The van der Waals surface area contributed by atoms with Gasteiger partial charge in [0.25, 0.3) is 0 Å². The van der Waals surface area contributed by atoms with Crippen molar-refractivity contribution in [2.45, 2.75) is 13.8 Å². The van der Waals surface area contributed by atoms with Crippen LogP contribution in [0.2, 0.25) is 0 Å². The third-order valence-electron chi connectivity index (χ3n) is 4.61. The lowest BCUT2D eigenvalue weighted by Gasteiger charge is -2.09. The van der Waals surface area contributed by atoms with Gasteiger partial charge in [-0.1, -0.05) is 60.2 Å². The molecular formula is C24H21N3O2. The number of rotatable bonds is 4. The lowest BCUT2D eigenvalue weighted by molar-refractivity contribution is -0.132. The Bertz CT molecular complexity index is 1150. The maximum atomic E-state index is 11.9. The van der Waals surface area contributed by atoms with Gasteiger partial charge < -0.3 is 10.5 Å². The maximum absolute atomic E-state index is 11.9. The maximum Gasteiger partial charge on any atom is 0.309 e. The van der Waals surface area contributed by atoms with E-state index in [1.807, 2.05) is 85.8 Å². The first-order chi connectivity index (χ1) is 14.0. The minimum absolute atomic E-state index is 0.379. The molecule has 0 atom stereocenters. The normalized spacial score (nSPS) is 10.7. The first-order valence-corrected chi connectivity index (χ1v) is 9.33. The van der Waals surface area contributed by atoms with Gasteiger partial charge in [-0.2, -0.15) is 9.78 Å². The molecule has 0 unspecified atom stereocenters. The Balaban J connectivity index is 2.03. The molecule has 2 N–H and O–H groups in total. The van der Waals surface area contributed by atoms with Crippen LogP contribution in [-0.4, -0.2) is 15.7 Å². The summed E-state index contributed by atoms with van der Waals surface area (Å²) >= 11 is 0. The number of nitrogen functional groups attached to an aromatic ring is 1. The van der Waals surface area contributed by atoms with Crippen LogP contribution in [0.4, 0.5) is 5.69 Å². The summed E-state index contributed by atoms with van der Waals surface area (Å²) in [6.45, 7) is 3.43. The molecule has 0 saturated carbocycles. The molecule has 1 heterocycles. The molecule has 29 heavy (non-hydrogen) atoms. The summed E-state index contributed by atoms with van der Waals surface area (Å²) in [5.41, 5.74) is 11.8. The van der Waals surface area contributed by atoms with Crippen LogP contribution in [0.5, 0.6) is 5.88 Å². The van der Waals surface area contributed by atoms with Crippen LogP contribution in [0, 0.1) is 6.92 Å². The fourth-order valence-electron chi connectivity index (χ4n) is 3.20. The molecule has 0 aliphatic rings. The van der Waals surface area contributed by atoms with Gasteiger partial charge in [0.05, 0.1) is 11.3 Å². The second-order valence-corrected chi connectivity index (χ2v) is 6.86. The van der Waals surface area contributed by atoms with Gasteiger partial charge in [-0.3, -0.25) is 4.79 Å². The highest BCUT2D eigenvalue weighted by Crippen LogP contribution is 2.41. The van der Waals surface area contributed by atoms with E-state index in [1.54, 1.807) is 4.68 Å². The first kappa shape index (κ1) is 18.5. The number of carbonyl (C=O) groups is 1. The van der Waals surface area contributed by atoms with Gasteiger partial charge in [0.2, 0.25) is 5.88 Å². The molecule has 5 nitrogen and oxygen atoms in total. The van der Waals surface area contributed by atoms with E-state index in [4.69, 9.17) is 15.6 Å². The summed E-state index contributed by atoms with van der Waals surface area (Å²) < 4.78 is 7.34. The molecule has 144 valence electrons. The molecule has 0 bridgehead atoms. The predicted octanol–water partition coefficient (Wildman–Crippen LogP) is 5.02. The van der Waals surface area contributed by atoms with Crippen molar-refractivity contribution in [2.75, 3.05) is 5.73 Å². The molecule has 0 amide bonds. The largest absolute Gasteiger partial charge is 0.407 e. The fourth-order valence-corrected chi connectivity index (χ4v) is 3.20. The van der Waals surface area contributed by atoms with Crippen molar-refractivity contribution in [3.63, 3.8) is 0 Å². The zero-order chi connectivity index (χ0) is 20.4. The van der Waals surface area contributed by atoms with Crippen molar-refractivity contribution < 1.29 is 9.53 Å². The highest BCUT2D eigenvalue weighted by molar-refractivity contribution is 5.87. The molecule has 4 aromatic rings. The summed E-state index contributed by atoms with van der Waals surface area (Å²) in [7, 11) is 0. The summed E-state index contributed by atoms with van der Waals surface area (Å²) in [4.78, 5) is 11.9. The zero-order valence-electron chi connectivity index (χ0n) is 16.3. The fraction of sp³-hybridized carbons (Fsp3) is 0.0833. The first-order valence-electron chi connectivity index (χ1n) is 9.33. The van der Waals surface area contributed by atoms with Crippen LogP contribution in [0.1, 0.15) is 12.5 Å². The van der Waals surface area contributed by atoms with Gasteiger partial charge in [0.1, 0.15) is 5.69 Å². The topological polar surface area (TPSA) is 70.1 Å². The number of nitrogens with zero attached hydrogens (tertiary/aromatic N) is 2. The number of ether oxygens (including phenoxy) is 1. The summed E-state index contributed by atoms with van der Waals surface area (Å²) in [5, 5.41) is 4.84. The number of hydrogen-bond donors (Lipinski definition) is 1. The molecular weight excluding hydrogens is 362 g/mol. The lowest BCUT2D eigenvalue weighted by atomic mass is 10.0. The van der Waals surface area contributed by atoms with Gasteiger partial charge in [-0.05, 0) is 36.8 Å². The molecule has 0 aliphatic carbocycles. The third-order valence-corrected chi connectivity index (χ3v) is 4.61. The number of nitrogens with two attached hydrogens (primary N) is 1. The van der Waals surface area contributed by atoms with Crippen molar-refractivity contribution in [2.24, 2.45) is 0 Å². The van der Waals surface area contributed by atoms with Crippen molar-refractivity contribution in [3.05, 3.63) is 84.4 Å². The van der Waals surface area contributed by atoms with Gasteiger partial charge in [-0.25, -0.2) is 0 Å². The summed E-state index contributed by atoms with van der Waals surface area (Å²) in [6.07, 6.45) is 0. The standard InChI is InChI=1S/C24H21N3O2/c1-16-8-10-19(11-9-16)23-22(18-12-14-20(25)15-13-18)24(29-17(2)28)27(26-23)21-6-4-3-5-7-21/h3-15H,25H2,1-2H3. The number of hydrogen-bond acceptors (Lipinski definition) is 4. The van der Waals surface area contributed by atoms with Crippen molar-refractivity contribution in [1.29, 1.82) is 0 Å². The number of anilines is 1. The van der Waals surface area contributed by atoms with E-state index in [0.29, 0.717) is 11.6 Å². The highest BCUT2D eigenvalue weighted by atomic mass is 16.5. The van der Waals surface area contributed by atoms with E-state index < -0.39 is 5.97 Å². The number of carbonyl (C=O) groups excluding carboxylic acids is 1. The molecule has 0 radical (unpaired) electrons. The van der Waals surface area contributed by atoms with E-state index in [0.717, 1.165) is 33.6 Å². The average Bonchev–Trinajstić information content (AvgIpc) is 3.08. The van der Waals surface area contributed by atoms with Gasteiger partial charge in [-0.15, -0.1) is 0 Å². The second kappa shape index (κ2) is 7.64. The van der Waals surface area contributed by atoms with E-state index in [1.165, 1.54) is 6.92 Å². The Morgan fingerprint density at radius 2 is 1.52 bits per heavy atom. The SMILES string of the molecule is CC(=O)Oc1c(-c2ccc(N)cc2)c(-c2ccc(C)cc2)nn1-c1ccccc1. The molecule has 0 spiro atoms. The minimum atomic E-state index is -0.408. The minimum Gasteiger partial charge on any atom is -0.407 e. The van der Waals surface area contributed by atoms with Gasteiger partial charge in [0.15, 0.2) is 0 Å². The zero-order valence-corrected chi connectivity index (χ0v) is 16.3. The predicted molar refractivity (Wildman–Crippen MR) is 115 cm³/mol. The summed E-state index contributed by atoms with van der Waals surface area (Å²) in [5.74, 6) is -0.0294. The lowest BCUT2D eigenvalue weighted by Crippen LogP contribution is -2.08. The Hall–Kier alpha value is -3.86. The number of aromatic nitrogens is 2. The highest BCUT2D eigenvalue weighted by Gasteiger charge is 2.24. The van der Waals surface area contributed by atoms with Crippen LogP contribution in [-0.2, 0) is 4.79 Å². The second-order valence-electron chi connectivity index (χ2n) is 6.86. The smallest absolute Gasteiger partial charge is 0.309 e. The van der Waals surface area contributed by atoms with Crippen molar-refractivity contribution in [3.8, 4) is 34.0 Å². The Kier molecular flexibility index (Phi) is 4.87. The quantitative estimate of drug-likeness (QED) is 0.397. The van der Waals surface area contributed by atoms with Crippen LogP contribution in [0.3, 0.4) is 0 Å². The van der Waals surface area contributed by atoms with E-state index >= 15 is 0 Å². The van der Waals surface area contributed by atoms with Gasteiger partial charge in [0, 0.05) is 18.2 Å². The number of para-hydroxylation sites is 1. The number of esters is 1. The average molecular weight is 383 g/mol. The Morgan fingerprint density at radius 1 is 0.897 bits per heavy atom. The molecule has 3 aromatic carbocycles. The molecule has 0 fully saturated rings. The van der Waals surface area contributed by atoms with E-state index in [-0.39, 0.29) is 0 Å². The molecule has 5 heteroatoms. The van der Waals surface area contributed by atoms with Gasteiger partial charge >= 0.3 is 5.97 Å². The van der Waals surface area contributed by atoms with E-state index in [9.17, 15) is 4.79 Å². The summed E-state index contributed by atoms with van der Waals surface area (Å²) in [6, 6.07) is 25.2. The van der Waals surface area contributed by atoms with Crippen molar-refractivity contribution in [1.82, 2.24) is 9.78 Å². The van der Waals surface area contributed by atoms with Crippen LogP contribution >= 0.6 is 0 Å². The molecule has 0 aliphatic heterocycles. The number of aryl methyl sites for hydroxylation is 1. The monoisotopic (exact) mass is 383 g/mol. The molecule has 1 aromatic heterocycles. The molecule has 0 saturated heterocycles. The molecule has 4 rings (SSSR count). The van der Waals surface area contributed by atoms with Crippen LogP contribution in [0.15, 0.2) is 78.9 Å². The van der Waals surface area contributed by atoms with Crippen molar-refractivity contribution >= 4 is 11.7 Å². The van der Waals surface area contributed by atoms with E-state index in [2.05, 4.69) is 0 Å².